The van der Waals surface area contributed by atoms with Crippen LogP contribution >= 0.6 is 0 Å². The second-order valence-corrected chi connectivity index (χ2v) is 4.52. The van der Waals surface area contributed by atoms with E-state index in [-0.39, 0.29) is 12.1 Å². The predicted octanol–water partition coefficient (Wildman–Crippen LogP) is 2.82. The van der Waals surface area contributed by atoms with Crippen molar-refractivity contribution < 1.29 is 9.47 Å². The van der Waals surface area contributed by atoms with Crippen LogP contribution in [-0.4, -0.2) is 19.8 Å². The maximum atomic E-state index is 5.86. The van der Waals surface area contributed by atoms with Crippen LogP contribution in [0, 0.1) is 6.92 Å². The monoisotopic (exact) mass is 237 g/mol. The third kappa shape index (κ3) is 4.36. The van der Waals surface area contributed by atoms with Crippen LogP contribution < -0.4 is 10.5 Å². The molecule has 0 aliphatic heterocycles. The molecule has 0 fully saturated rings. The van der Waals surface area contributed by atoms with Gasteiger partial charge in [0.2, 0.25) is 0 Å². The minimum Gasteiger partial charge on any atom is -0.490 e. The Balaban J connectivity index is 2.65. The number of hydrogen-bond donors (Lipinski definition) is 1. The molecule has 1 rings (SSSR count). The van der Waals surface area contributed by atoms with Gasteiger partial charge in [-0.25, -0.2) is 0 Å². The molecular formula is C14H23NO2. The van der Waals surface area contributed by atoms with Crippen molar-refractivity contribution in [3.05, 3.63) is 29.3 Å². The summed E-state index contributed by atoms with van der Waals surface area (Å²) in [5.74, 6) is 0.929. The van der Waals surface area contributed by atoms with Crippen molar-refractivity contribution in [3.63, 3.8) is 0 Å². The quantitative estimate of drug-likeness (QED) is 0.827. The Morgan fingerprint density at radius 2 is 2.00 bits per heavy atom. The molecule has 2 atom stereocenters. The molecule has 0 aromatic heterocycles. The topological polar surface area (TPSA) is 44.5 Å². The summed E-state index contributed by atoms with van der Waals surface area (Å²) in [6.07, 6.45) is 1.06. The molecule has 1 unspecified atom stereocenters. The van der Waals surface area contributed by atoms with Gasteiger partial charge in [-0.3, -0.25) is 0 Å². The molecule has 96 valence electrons. The van der Waals surface area contributed by atoms with Crippen molar-refractivity contribution in [1.82, 2.24) is 0 Å². The van der Waals surface area contributed by atoms with Crippen molar-refractivity contribution in [2.45, 2.75) is 39.3 Å². The van der Waals surface area contributed by atoms with Crippen LogP contribution in [0.15, 0.2) is 18.2 Å². The largest absolute Gasteiger partial charge is 0.490 e. The highest BCUT2D eigenvalue weighted by Gasteiger charge is 2.08. The van der Waals surface area contributed by atoms with Gasteiger partial charge in [0, 0.05) is 26.2 Å². The first kappa shape index (κ1) is 14.0. The summed E-state index contributed by atoms with van der Waals surface area (Å²) in [6.45, 7) is 6.80. The second kappa shape index (κ2) is 6.62. The minimum absolute atomic E-state index is 0.0636. The summed E-state index contributed by atoms with van der Waals surface area (Å²) in [5, 5.41) is 0. The number of benzene rings is 1. The molecule has 0 bridgehead atoms. The van der Waals surface area contributed by atoms with Gasteiger partial charge < -0.3 is 15.2 Å². The molecule has 0 saturated carbocycles. The molecule has 0 aliphatic rings. The SMILES string of the molecule is COCCC(C)Oc1ccc([C@@H](C)N)cc1C. The van der Waals surface area contributed by atoms with Gasteiger partial charge in [-0.1, -0.05) is 12.1 Å². The van der Waals surface area contributed by atoms with E-state index < -0.39 is 0 Å². The van der Waals surface area contributed by atoms with Gasteiger partial charge in [0.05, 0.1) is 6.10 Å². The van der Waals surface area contributed by atoms with Crippen molar-refractivity contribution >= 4 is 0 Å². The minimum atomic E-state index is 0.0636. The summed E-state index contributed by atoms with van der Waals surface area (Å²) < 4.78 is 10.9. The lowest BCUT2D eigenvalue weighted by Crippen LogP contribution is -2.15. The Morgan fingerprint density at radius 1 is 1.29 bits per heavy atom. The molecule has 3 heteroatoms. The first-order valence-corrected chi connectivity index (χ1v) is 6.06. The van der Waals surface area contributed by atoms with E-state index in [9.17, 15) is 0 Å². The maximum Gasteiger partial charge on any atom is 0.122 e. The number of methoxy groups -OCH3 is 1. The van der Waals surface area contributed by atoms with Gasteiger partial charge in [-0.15, -0.1) is 0 Å². The average molecular weight is 237 g/mol. The molecule has 0 spiro atoms. The smallest absolute Gasteiger partial charge is 0.122 e. The number of nitrogens with two attached hydrogens (primary N) is 1. The van der Waals surface area contributed by atoms with E-state index in [4.69, 9.17) is 15.2 Å². The van der Waals surface area contributed by atoms with E-state index >= 15 is 0 Å². The lowest BCUT2D eigenvalue weighted by molar-refractivity contribution is 0.134. The van der Waals surface area contributed by atoms with E-state index in [2.05, 4.69) is 13.0 Å². The van der Waals surface area contributed by atoms with E-state index in [1.165, 1.54) is 0 Å². The normalized spacial score (nSPS) is 14.4. The summed E-state index contributed by atoms with van der Waals surface area (Å²) in [6, 6.07) is 6.17. The summed E-state index contributed by atoms with van der Waals surface area (Å²) in [7, 11) is 1.70. The molecule has 2 N–H and O–H groups in total. The maximum absolute atomic E-state index is 5.86. The number of hydrogen-bond acceptors (Lipinski definition) is 3. The van der Waals surface area contributed by atoms with Crippen LogP contribution in [0.4, 0.5) is 0 Å². The van der Waals surface area contributed by atoms with Gasteiger partial charge in [0.1, 0.15) is 5.75 Å². The van der Waals surface area contributed by atoms with Crippen LogP contribution in [0.3, 0.4) is 0 Å². The molecule has 0 amide bonds. The molecule has 0 aliphatic carbocycles. The summed E-state index contributed by atoms with van der Waals surface area (Å²) in [4.78, 5) is 0. The van der Waals surface area contributed by atoms with E-state index in [0.717, 1.165) is 29.9 Å². The molecule has 1 aromatic rings. The van der Waals surface area contributed by atoms with E-state index in [1.54, 1.807) is 7.11 Å². The van der Waals surface area contributed by atoms with Crippen LogP contribution in [0.2, 0.25) is 0 Å². The molecule has 3 nitrogen and oxygen atoms in total. The summed E-state index contributed by atoms with van der Waals surface area (Å²) in [5.41, 5.74) is 8.11. The zero-order valence-electron chi connectivity index (χ0n) is 11.2. The molecular weight excluding hydrogens is 214 g/mol. The van der Waals surface area contributed by atoms with E-state index in [0.29, 0.717) is 0 Å². The zero-order valence-corrected chi connectivity index (χ0v) is 11.2. The Bertz CT molecular complexity index is 350. The molecule has 0 heterocycles. The predicted molar refractivity (Wildman–Crippen MR) is 70.4 cm³/mol. The summed E-state index contributed by atoms with van der Waals surface area (Å²) >= 11 is 0. The van der Waals surface area contributed by atoms with Crippen LogP contribution in [0.25, 0.3) is 0 Å². The average Bonchev–Trinajstić information content (AvgIpc) is 2.28. The first-order valence-electron chi connectivity index (χ1n) is 6.06. The number of rotatable bonds is 6. The second-order valence-electron chi connectivity index (χ2n) is 4.52. The molecule has 0 radical (unpaired) electrons. The number of ether oxygens (including phenoxy) is 2. The fourth-order valence-corrected chi connectivity index (χ4v) is 1.65. The van der Waals surface area contributed by atoms with Crippen LogP contribution in [-0.2, 0) is 4.74 Å². The third-order valence-electron chi connectivity index (χ3n) is 2.78. The Hall–Kier alpha value is -1.06. The molecule has 1 aromatic carbocycles. The van der Waals surface area contributed by atoms with Gasteiger partial charge in [0.25, 0.3) is 0 Å². The van der Waals surface area contributed by atoms with Crippen molar-refractivity contribution in [2.75, 3.05) is 13.7 Å². The van der Waals surface area contributed by atoms with Crippen molar-refractivity contribution in [1.29, 1.82) is 0 Å². The highest BCUT2D eigenvalue weighted by molar-refractivity contribution is 5.37. The van der Waals surface area contributed by atoms with Gasteiger partial charge in [-0.05, 0) is 38.0 Å². The van der Waals surface area contributed by atoms with Crippen LogP contribution in [0.5, 0.6) is 5.75 Å². The fraction of sp³-hybridized carbons (Fsp3) is 0.571. The molecule has 0 saturated heterocycles. The Kier molecular flexibility index (Phi) is 5.45. The zero-order chi connectivity index (χ0) is 12.8. The fourth-order valence-electron chi connectivity index (χ4n) is 1.65. The van der Waals surface area contributed by atoms with Gasteiger partial charge >= 0.3 is 0 Å². The standard InChI is InChI=1S/C14H23NO2/c1-10-9-13(12(3)15)5-6-14(10)17-11(2)7-8-16-4/h5-6,9,11-12H,7-8,15H2,1-4H3/t11?,12-/m1/s1. The van der Waals surface area contributed by atoms with Crippen molar-refractivity contribution in [2.24, 2.45) is 5.73 Å². The van der Waals surface area contributed by atoms with Gasteiger partial charge in [0.15, 0.2) is 0 Å². The lowest BCUT2D eigenvalue weighted by atomic mass is 10.1. The van der Waals surface area contributed by atoms with Crippen molar-refractivity contribution in [3.8, 4) is 5.75 Å². The van der Waals surface area contributed by atoms with E-state index in [1.807, 2.05) is 26.0 Å². The Labute approximate surface area is 104 Å². The van der Waals surface area contributed by atoms with Gasteiger partial charge in [-0.2, -0.15) is 0 Å². The lowest BCUT2D eigenvalue weighted by Gasteiger charge is -2.17. The number of aryl methyl sites for hydroxylation is 1. The highest BCUT2D eigenvalue weighted by atomic mass is 16.5. The third-order valence-corrected chi connectivity index (χ3v) is 2.78. The first-order chi connectivity index (χ1) is 8.04. The highest BCUT2D eigenvalue weighted by Crippen LogP contribution is 2.23. The Morgan fingerprint density at radius 3 is 2.53 bits per heavy atom. The van der Waals surface area contributed by atoms with Crippen LogP contribution in [0.1, 0.15) is 37.4 Å². The molecule has 17 heavy (non-hydrogen) atoms.